The summed E-state index contributed by atoms with van der Waals surface area (Å²) in [6.45, 7) is 3.00. The number of amides is 1. The van der Waals surface area contributed by atoms with Crippen molar-refractivity contribution in [3.05, 3.63) is 59.3 Å². The van der Waals surface area contributed by atoms with Crippen LogP contribution < -0.4 is 4.90 Å². The van der Waals surface area contributed by atoms with E-state index in [9.17, 15) is 4.79 Å². The fourth-order valence-corrected chi connectivity index (χ4v) is 3.83. The molecule has 1 amide bonds. The highest BCUT2D eigenvalue weighted by atomic mass is 16.2. The summed E-state index contributed by atoms with van der Waals surface area (Å²) in [5.74, 6) is 1.16. The second-order valence-electron chi connectivity index (χ2n) is 6.62. The number of aryl methyl sites for hydroxylation is 1. The van der Waals surface area contributed by atoms with E-state index in [-0.39, 0.29) is 11.8 Å². The molecule has 0 radical (unpaired) electrons. The third-order valence-electron chi connectivity index (χ3n) is 5.22. The fourth-order valence-electron chi connectivity index (χ4n) is 3.83. The number of nitrogens with zero attached hydrogens (tertiary/aromatic N) is 4. The Balaban J connectivity index is 1.40. The van der Waals surface area contributed by atoms with Gasteiger partial charge in [0.25, 0.3) is 0 Å². The number of aromatic nitrogens is 1. The first-order chi connectivity index (χ1) is 12.3. The van der Waals surface area contributed by atoms with Gasteiger partial charge in [-0.1, -0.05) is 24.3 Å². The molecule has 1 unspecified atom stereocenters. The minimum atomic E-state index is 0.0239. The van der Waals surface area contributed by atoms with Crippen molar-refractivity contribution in [3.63, 3.8) is 0 Å². The normalized spacial score (nSPS) is 19.4. The van der Waals surface area contributed by atoms with Crippen LogP contribution in [-0.2, 0) is 11.2 Å². The van der Waals surface area contributed by atoms with Crippen molar-refractivity contribution >= 4 is 11.7 Å². The van der Waals surface area contributed by atoms with E-state index < -0.39 is 0 Å². The lowest BCUT2D eigenvalue weighted by Crippen LogP contribution is -2.50. The zero-order valence-electron chi connectivity index (χ0n) is 14.1. The molecule has 25 heavy (non-hydrogen) atoms. The summed E-state index contributed by atoms with van der Waals surface area (Å²) in [6, 6.07) is 14.1. The molecule has 2 heterocycles. The minimum Gasteiger partial charge on any atom is -0.353 e. The predicted octanol–water partition coefficient (Wildman–Crippen LogP) is 2.33. The predicted molar refractivity (Wildman–Crippen MR) is 95.2 cm³/mol. The molecule has 1 aliphatic carbocycles. The number of carbonyl (C=O) groups excluding carboxylic acids is 1. The second-order valence-corrected chi connectivity index (χ2v) is 6.62. The zero-order valence-corrected chi connectivity index (χ0v) is 14.1. The average molecular weight is 332 g/mol. The maximum Gasteiger partial charge on any atom is 0.230 e. The molecule has 2 aromatic rings. The zero-order chi connectivity index (χ0) is 17.2. The first-order valence-electron chi connectivity index (χ1n) is 8.74. The van der Waals surface area contributed by atoms with Gasteiger partial charge < -0.3 is 9.80 Å². The summed E-state index contributed by atoms with van der Waals surface area (Å²) in [7, 11) is 0. The smallest absolute Gasteiger partial charge is 0.230 e. The molecule has 1 fully saturated rings. The third kappa shape index (κ3) is 2.96. The summed E-state index contributed by atoms with van der Waals surface area (Å²) >= 11 is 0. The van der Waals surface area contributed by atoms with E-state index in [1.54, 1.807) is 12.3 Å². The molecule has 0 N–H and O–H groups in total. The molecule has 1 aromatic heterocycles. The van der Waals surface area contributed by atoms with Gasteiger partial charge in [0.05, 0.1) is 11.5 Å². The number of fused-ring (bicyclic) bond motifs is 1. The van der Waals surface area contributed by atoms with Gasteiger partial charge in [0, 0.05) is 32.4 Å². The van der Waals surface area contributed by atoms with E-state index in [4.69, 9.17) is 5.26 Å². The molecular formula is C20H20N4O. The molecular weight excluding hydrogens is 312 g/mol. The number of piperazine rings is 1. The summed E-state index contributed by atoms with van der Waals surface area (Å²) in [4.78, 5) is 21.5. The molecule has 1 aliphatic heterocycles. The third-order valence-corrected chi connectivity index (χ3v) is 5.22. The Hall–Kier alpha value is -2.87. The number of carbonyl (C=O) groups is 1. The van der Waals surface area contributed by atoms with Crippen LogP contribution in [0.5, 0.6) is 0 Å². The molecule has 4 rings (SSSR count). The van der Waals surface area contributed by atoms with Crippen molar-refractivity contribution in [2.75, 3.05) is 31.1 Å². The Morgan fingerprint density at radius 1 is 1.12 bits per heavy atom. The highest BCUT2D eigenvalue weighted by Gasteiger charge is 2.33. The van der Waals surface area contributed by atoms with Gasteiger partial charge in [-0.25, -0.2) is 4.98 Å². The van der Waals surface area contributed by atoms with Crippen LogP contribution in [0, 0.1) is 11.3 Å². The van der Waals surface area contributed by atoms with Crippen LogP contribution in [0.4, 0.5) is 5.82 Å². The number of hydrogen-bond acceptors (Lipinski definition) is 4. The summed E-state index contributed by atoms with van der Waals surface area (Å²) in [5.41, 5.74) is 3.10. The van der Waals surface area contributed by atoms with Crippen LogP contribution in [0.25, 0.3) is 0 Å². The molecule has 0 saturated carbocycles. The summed E-state index contributed by atoms with van der Waals surface area (Å²) in [6.07, 6.45) is 3.53. The minimum absolute atomic E-state index is 0.0239. The van der Waals surface area contributed by atoms with Crippen LogP contribution in [0.15, 0.2) is 42.6 Å². The van der Waals surface area contributed by atoms with E-state index >= 15 is 0 Å². The van der Waals surface area contributed by atoms with E-state index in [1.165, 1.54) is 11.1 Å². The molecule has 0 bridgehead atoms. The van der Waals surface area contributed by atoms with Crippen LogP contribution in [0.3, 0.4) is 0 Å². The monoisotopic (exact) mass is 332 g/mol. The second kappa shape index (κ2) is 6.56. The lowest BCUT2D eigenvalue weighted by Gasteiger charge is -2.36. The van der Waals surface area contributed by atoms with Crippen LogP contribution in [0.2, 0.25) is 0 Å². The van der Waals surface area contributed by atoms with Gasteiger partial charge in [0.2, 0.25) is 5.91 Å². The lowest BCUT2D eigenvalue weighted by molar-refractivity contribution is -0.133. The van der Waals surface area contributed by atoms with Gasteiger partial charge in [-0.05, 0) is 36.1 Å². The summed E-state index contributed by atoms with van der Waals surface area (Å²) < 4.78 is 0. The maximum atomic E-state index is 12.9. The Bertz CT molecular complexity index is 816. The molecule has 5 heteroatoms. The number of rotatable bonds is 2. The number of pyridine rings is 1. The Morgan fingerprint density at radius 2 is 1.92 bits per heavy atom. The Labute approximate surface area is 147 Å². The Kier molecular flexibility index (Phi) is 4.10. The van der Waals surface area contributed by atoms with Gasteiger partial charge in [0.1, 0.15) is 11.9 Å². The number of anilines is 1. The van der Waals surface area contributed by atoms with Crippen LogP contribution in [-0.4, -0.2) is 42.0 Å². The number of nitriles is 1. The van der Waals surface area contributed by atoms with Gasteiger partial charge in [0.15, 0.2) is 0 Å². The quantitative estimate of drug-likeness (QED) is 0.847. The first kappa shape index (κ1) is 15.6. The van der Waals surface area contributed by atoms with E-state index in [0.29, 0.717) is 5.56 Å². The van der Waals surface area contributed by atoms with Crippen molar-refractivity contribution in [1.82, 2.24) is 9.88 Å². The van der Waals surface area contributed by atoms with Crippen molar-refractivity contribution in [1.29, 1.82) is 5.26 Å². The standard InChI is InChI=1S/C20H20N4O/c21-13-15-5-8-19(22-14-15)23-9-11-24(12-10-23)20(25)18-7-6-16-3-1-2-4-17(16)18/h1-5,8,14,18H,6-7,9-12H2. The highest BCUT2D eigenvalue weighted by Crippen LogP contribution is 2.34. The molecule has 1 saturated heterocycles. The molecule has 5 nitrogen and oxygen atoms in total. The average Bonchev–Trinajstić information content (AvgIpc) is 3.12. The maximum absolute atomic E-state index is 12.9. The van der Waals surface area contributed by atoms with Crippen LogP contribution in [0.1, 0.15) is 29.0 Å². The lowest BCUT2D eigenvalue weighted by atomic mass is 9.99. The highest BCUT2D eigenvalue weighted by molar-refractivity contribution is 5.85. The van der Waals surface area contributed by atoms with Gasteiger partial charge in [-0.2, -0.15) is 5.26 Å². The largest absolute Gasteiger partial charge is 0.353 e. The van der Waals surface area contributed by atoms with Gasteiger partial charge in [-0.15, -0.1) is 0 Å². The molecule has 126 valence electrons. The van der Waals surface area contributed by atoms with Crippen LogP contribution >= 0.6 is 0 Å². The molecule has 1 aromatic carbocycles. The first-order valence-corrected chi connectivity index (χ1v) is 8.74. The van der Waals surface area contributed by atoms with E-state index in [1.807, 2.05) is 17.0 Å². The van der Waals surface area contributed by atoms with Crippen molar-refractivity contribution in [2.45, 2.75) is 18.8 Å². The van der Waals surface area contributed by atoms with Crippen molar-refractivity contribution in [3.8, 4) is 6.07 Å². The van der Waals surface area contributed by atoms with E-state index in [2.05, 4.69) is 34.2 Å². The number of benzene rings is 1. The van der Waals surface area contributed by atoms with Gasteiger partial charge >= 0.3 is 0 Å². The Morgan fingerprint density at radius 3 is 2.64 bits per heavy atom. The van der Waals surface area contributed by atoms with E-state index in [0.717, 1.165) is 44.8 Å². The topological polar surface area (TPSA) is 60.2 Å². The van der Waals surface area contributed by atoms with Gasteiger partial charge in [-0.3, -0.25) is 4.79 Å². The van der Waals surface area contributed by atoms with Crippen molar-refractivity contribution in [2.24, 2.45) is 0 Å². The number of hydrogen-bond donors (Lipinski definition) is 0. The SMILES string of the molecule is N#Cc1ccc(N2CCN(C(=O)C3CCc4ccccc43)CC2)nc1. The van der Waals surface area contributed by atoms with Crippen molar-refractivity contribution < 1.29 is 4.79 Å². The molecule has 0 spiro atoms. The molecule has 2 aliphatic rings. The molecule has 1 atom stereocenters. The summed E-state index contributed by atoms with van der Waals surface area (Å²) in [5, 5.41) is 8.86. The fraction of sp³-hybridized carbons (Fsp3) is 0.350.